The Morgan fingerprint density at radius 2 is 1.93 bits per heavy atom. The monoisotopic (exact) mass is 406 g/mol. The minimum atomic E-state index is -0.169. The Labute approximate surface area is 176 Å². The van der Waals surface area contributed by atoms with E-state index in [1.54, 1.807) is 6.20 Å². The van der Waals surface area contributed by atoms with Crippen molar-refractivity contribution in [1.82, 2.24) is 19.9 Å². The second kappa shape index (κ2) is 8.09. The lowest BCUT2D eigenvalue weighted by Crippen LogP contribution is -2.43. The summed E-state index contributed by atoms with van der Waals surface area (Å²) in [4.78, 5) is 30.7. The number of aromatic nitrogens is 3. The smallest absolute Gasteiger partial charge is 0.276 e. The fourth-order valence-corrected chi connectivity index (χ4v) is 4.47. The van der Waals surface area contributed by atoms with Crippen LogP contribution in [0.3, 0.4) is 0 Å². The number of nitrogens with zero attached hydrogens (tertiary/aromatic N) is 2. The summed E-state index contributed by atoms with van der Waals surface area (Å²) >= 11 is 0. The maximum atomic E-state index is 13.1. The van der Waals surface area contributed by atoms with Crippen LogP contribution in [0.4, 0.5) is 0 Å². The number of hydrogen-bond donors (Lipinski definition) is 2. The lowest BCUT2D eigenvalue weighted by molar-refractivity contribution is 0.0892. The lowest BCUT2D eigenvalue weighted by atomic mass is 9.78. The van der Waals surface area contributed by atoms with Crippen molar-refractivity contribution >= 4 is 11.6 Å². The number of benzene rings is 1. The van der Waals surface area contributed by atoms with E-state index < -0.39 is 0 Å². The average Bonchev–Trinajstić information content (AvgIpc) is 3.14. The van der Waals surface area contributed by atoms with Crippen LogP contribution in [0.5, 0.6) is 0 Å². The molecular formula is C24H30N4O2. The molecule has 1 amide bonds. The van der Waals surface area contributed by atoms with Gasteiger partial charge in [0, 0.05) is 29.9 Å². The van der Waals surface area contributed by atoms with E-state index in [9.17, 15) is 9.59 Å². The summed E-state index contributed by atoms with van der Waals surface area (Å²) < 4.78 is 1.39. The second-order valence-corrected chi connectivity index (χ2v) is 8.84. The molecule has 0 spiro atoms. The molecule has 6 heteroatoms. The molecule has 158 valence electrons. The van der Waals surface area contributed by atoms with Crippen LogP contribution < -0.4 is 10.9 Å². The average molecular weight is 407 g/mol. The maximum absolute atomic E-state index is 13.1. The molecule has 1 aromatic carbocycles. The first-order chi connectivity index (χ1) is 14.3. The Bertz CT molecular complexity index is 1130. The number of fused-ring (bicyclic) bond motifs is 1. The van der Waals surface area contributed by atoms with E-state index in [4.69, 9.17) is 0 Å². The summed E-state index contributed by atoms with van der Waals surface area (Å²) in [6.45, 7) is 8.32. The second-order valence-electron chi connectivity index (χ2n) is 8.84. The summed E-state index contributed by atoms with van der Waals surface area (Å²) in [5, 5.41) is 6.12. The SMILES string of the molecule is Cc1ccc(Cc2c(C)nc3c(C(=O)N[C@@H]4CCC[C@H](C)[C@@H]4C)c[nH]n3c2=O)cc1. The van der Waals surface area contributed by atoms with Crippen LogP contribution in [0.2, 0.25) is 0 Å². The number of amides is 1. The standard InChI is InChI=1S/C24H30N4O2/c1-14-8-10-18(11-9-14)12-19-17(4)26-22-20(13-25-28(22)24(19)30)23(29)27-21-7-5-6-15(2)16(21)3/h8-11,13,15-16,21,25H,5-7,12H2,1-4H3,(H,27,29)/t15-,16-,21+/m0/s1. The van der Waals surface area contributed by atoms with E-state index in [0.29, 0.717) is 40.7 Å². The summed E-state index contributed by atoms with van der Waals surface area (Å²) in [5.41, 5.74) is 4.20. The summed E-state index contributed by atoms with van der Waals surface area (Å²) in [6.07, 6.45) is 5.43. The van der Waals surface area contributed by atoms with Gasteiger partial charge in [0.25, 0.3) is 11.5 Å². The van der Waals surface area contributed by atoms with Gasteiger partial charge in [0.2, 0.25) is 0 Å². The molecule has 1 aliphatic rings. The first-order valence-corrected chi connectivity index (χ1v) is 10.8. The minimum Gasteiger partial charge on any atom is -0.349 e. The van der Waals surface area contributed by atoms with E-state index in [0.717, 1.165) is 18.4 Å². The number of H-pyrrole nitrogens is 1. The van der Waals surface area contributed by atoms with Crippen LogP contribution in [-0.2, 0) is 6.42 Å². The van der Waals surface area contributed by atoms with Crippen LogP contribution in [0.1, 0.15) is 65.9 Å². The van der Waals surface area contributed by atoms with Gasteiger partial charge in [-0.25, -0.2) is 9.50 Å². The highest BCUT2D eigenvalue weighted by Crippen LogP contribution is 2.29. The summed E-state index contributed by atoms with van der Waals surface area (Å²) in [5.74, 6) is 0.864. The van der Waals surface area contributed by atoms with Gasteiger partial charge in [-0.15, -0.1) is 0 Å². The third-order valence-corrected chi connectivity index (χ3v) is 6.73. The maximum Gasteiger partial charge on any atom is 0.276 e. The van der Waals surface area contributed by atoms with Gasteiger partial charge in [-0.3, -0.25) is 14.7 Å². The van der Waals surface area contributed by atoms with E-state index in [2.05, 4.69) is 29.2 Å². The lowest BCUT2D eigenvalue weighted by Gasteiger charge is -2.34. The number of hydrogen-bond acceptors (Lipinski definition) is 3. The van der Waals surface area contributed by atoms with Gasteiger partial charge >= 0.3 is 0 Å². The fraction of sp³-hybridized carbons (Fsp3) is 0.458. The number of aryl methyl sites for hydroxylation is 2. The highest BCUT2D eigenvalue weighted by molar-refractivity contribution is 5.99. The fourth-order valence-electron chi connectivity index (χ4n) is 4.47. The predicted octanol–water partition coefficient (Wildman–Crippen LogP) is 3.78. The van der Waals surface area contributed by atoms with Crippen molar-refractivity contribution < 1.29 is 4.79 Å². The molecule has 2 N–H and O–H groups in total. The zero-order valence-electron chi connectivity index (χ0n) is 18.2. The topological polar surface area (TPSA) is 79.3 Å². The quantitative estimate of drug-likeness (QED) is 0.692. The molecule has 30 heavy (non-hydrogen) atoms. The minimum absolute atomic E-state index is 0.156. The van der Waals surface area contributed by atoms with Gasteiger partial charge in [0.05, 0.1) is 0 Å². The third kappa shape index (κ3) is 3.78. The first-order valence-electron chi connectivity index (χ1n) is 10.8. The number of aromatic amines is 1. The van der Waals surface area contributed by atoms with Gasteiger partial charge in [0.15, 0.2) is 5.65 Å². The molecule has 3 aromatic rings. The molecule has 0 unspecified atom stereocenters. The number of carbonyl (C=O) groups excluding carboxylic acids is 1. The summed E-state index contributed by atoms with van der Waals surface area (Å²) in [6, 6.07) is 8.30. The van der Waals surface area contributed by atoms with Gasteiger partial charge in [-0.1, -0.05) is 56.5 Å². The molecule has 0 aliphatic heterocycles. The van der Waals surface area contributed by atoms with Crippen LogP contribution in [0.15, 0.2) is 35.3 Å². The predicted molar refractivity (Wildman–Crippen MR) is 118 cm³/mol. The molecule has 0 radical (unpaired) electrons. The molecule has 4 rings (SSSR count). The van der Waals surface area contributed by atoms with Gasteiger partial charge in [-0.05, 0) is 37.7 Å². The third-order valence-electron chi connectivity index (χ3n) is 6.73. The summed E-state index contributed by atoms with van der Waals surface area (Å²) in [7, 11) is 0. The van der Waals surface area contributed by atoms with Crippen molar-refractivity contribution in [2.24, 2.45) is 11.8 Å². The van der Waals surface area contributed by atoms with Crippen LogP contribution >= 0.6 is 0 Å². The van der Waals surface area contributed by atoms with E-state index in [-0.39, 0.29) is 17.5 Å². The Balaban J connectivity index is 1.63. The molecule has 6 nitrogen and oxygen atoms in total. The normalized spacial score (nSPS) is 21.7. The van der Waals surface area contributed by atoms with E-state index in [1.165, 1.54) is 16.5 Å². The van der Waals surface area contributed by atoms with Gasteiger partial charge < -0.3 is 5.32 Å². The van der Waals surface area contributed by atoms with Crippen LogP contribution in [0.25, 0.3) is 5.65 Å². The van der Waals surface area contributed by atoms with Gasteiger partial charge in [-0.2, -0.15) is 0 Å². The Morgan fingerprint density at radius 1 is 1.20 bits per heavy atom. The van der Waals surface area contributed by atoms with Gasteiger partial charge in [0.1, 0.15) is 5.56 Å². The van der Waals surface area contributed by atoms with Crippen molar-refractivity contribution in [3.63, 3.8) is 0 Å². The van der Waals surface area contributed by atoms with E-state index in [1.807, 2.05) is 38.1 Å². The van der Waals surface area contributed by atoms with Crippen molar-refractivity contribution in [2.45, 2.75) is 59.4 Å². The molecule has 1 saturated carbocycles. The molecule has 0 saturated heterocycles. The molecule has 2 aromatic heterocycles. The molecule has 1 fully saturated rings. The van der Waals surface area contributed by atoms with Crippen molar-refractivity contribution in [3.05, 3.63) is 68.8 Å². The van der Waals surface area contributed by atoms with Crippen LogP contribution in [-0.4, -0.2) is 26.5 Å². The number of nitrogens with one attached hydrogen (secondary N) is 2. The molecule has 0 bridgehead atoms. The highest BCUT2D eigenvalue weighted by Gasteiger charge is 2.29. The Kier molecular flexibility index (Phi) is 5.50. The Morgan fingerprint density at radius 3 is 2.67 bits per heavy atom. The zero-order valence-corrected chi connectivity index (χ0v) is 18.2. The molecular weight excluding hydrogens is 376 g/mol. The van der Waals surface area contributed by atoms with Crippen molar-refractivity contribution in [1.29, 1.82) is 0 Å². The highest BCUT2D eigenvalue weighted by atomic mass is 16.2. The molecule has 2 heterocycles. The zero-order chi connectivity index (χ0) is 21.4. The van der Waals surface area contributed by atoms with Crippen molar-refractivity contribution in [2.75, 3.05) is 0 Å². The van der Waals surface area contributed by atoms with Crippen molar-refractivity contribution in [3.8, 4) is 0 Å². The van der Waals surface area contributed by atoms with Crippen LogP contribution in [0, 0.1) is 25.7 Å². The molecule has 3 atom stereocenters. The Hall–Kier alpha value is -2.89. The molecule has 1 aliphatic carbocycles. The number of carbonyl (C=O) groups is 1. The largest absolute Gasteiger partial charge is 0.349 e. The van der Waals surface area contributed by atoms with E-state index >= 15 is 0 Å². The number of rotatable bonds is 4. The first kappa shape index (κ1) is 20.4.